The van der Waals surface area contributed by atoms with Crippen molar-refractivity contribution in [1.82, 2.24) is 0 Å². The van der Waals surface area contributed by atoms with Gasteiger partial charge in [0.15, 0.2) is 0 Å². The van der Waals surface area contributed by atoms with E-state index in [0.29, 0.717) is 5.41 Å². The van der Waals surface area contributed by atoms with E-state index in [1.807, 2.05) is 0 Å². The van der Waals surface area contributed by atoms with E-state index in [1.165, 1.54) is 34.9 Å². The van der Waals surface area contributed by atoms with Crippen LogP contribution in [0.2, 0.25) is 0 Å². The molecule has 1 radical (unpaired) electrons. The topological polar surface area (TPSA) is 9.23 Å². The van der Waals surface area contributed by atoms with Crippen molar-refractivity contribution in [3.05, 3.63) is 40.2 Å². The number of ether oxygens (including phenoxy) is 1. The minimum absolute atomic E-state index is 0.397. The van der Waals surface area contributed by atoms with Gasteiger partial charge in [0.2, 0.25) is 0 Å². The monoisotopic (exact) mass is 265 g/mol. The molecule has 1 aromatic rings. The Morgan fingerprint density at radius 1 is 1.20 bits per heavy atom. The molecule has 0 aromatic heterocycles. The van der Waals surface area contributed by atoms with Crippen LogP contribution < -0.4 is 0 Å². The van der Waals surface area contributed by atoms with Gasteiger partial charge >= 0.3 is 0 Å². The Hall–Kier alpha value is -0.340. The predicted molar refractivity (Wildman–Crippen MR) is 63.9 cm³/mol. The molecule has 1 aliphatic heterocycles. The van der Waals surface area contributed by atoms with E-state index < -0.39 is 0 Å². The summed E-state index contributed by atoms with van der Waals surface area (Å²) in [6.07, 6.45) is 5.93. The maximum absolute atomic E-state index is 5.47. The van der Waals surface area contributed by atoms with E-state index in [-0.39, 0.29) is 0 Å². The molecule has 1 fully saturated rings. The third kappa shape index (κ3) is 1.55. The van der Waals surface area contributed by atoms with Gasteiger partial charge in [0.05, 0.1) is 0 Å². The molecule has 0 saturated carbocycles. The zero-order valence-electron chi connectivity index (χ0n) is 8.63. The molecule has 0 unspecified atom stereocenters. The Morgan fingerprint density at radius 3 is 2.80 bits per heavy atom. The summed E-state index contributed by atoms with van der Waals surface area (Å²) < 4.78 is 6.65. The van der Waals surface area contributed by atoms with Crippen molar-refractivity contribution < 1.29 is 4.74 Å². The van der Waals surface area contributed by atoms with Crippen molar-refractivity contribution in [2.75, 3.05) is 13.2 Å². The molecular weight excluding hydrogens is 252 g/mol. The van der Waals surface area contributed by atoms with E-state index in [1.54, 1.807) is 0 Å². The zero-order valence-corrected chi connectivity index (χ0v) is 10.2. The fraction of sp³-hybridized carbons (Fsp3) is 0.462. The molecule has 1 saturated heterocycles. The van der Waals surface area contributed by atoms with Crippen LogP contribution in [0.25, 0.3) is 0 Å². The van der Waals surface area contributed by atoms with Gasteiger partial charge in [-0.1, -0.05) is 22.0 Å². The molecule has 79 valence electrons. The Balaban J connectivity index is 2.03. The van der Waals surface area contributed by atoms with Crippen molar-refractivity contribution in [3.8, 4) is 0 Å². The Bertz CT molecular complexity index is 380. The first-order valence-electron chi connectivity index (χ1n) is 5.51. The molecule has 2 aliphatic rings. The molecule has 2 heteroatoms. The third-order valence-electron chi connectivity index (χ3n) is 3.75. The lowest BCUT2D eigenvalue weighted by molar-refractivity contribution is 0.0525. The van der Waals surface area contributed by atoms with Crippen molar-refractivity contribution in [2.45, 2.75) is 24.7 Å². The lowest BCUT2D eigenvalue weighted by Gasteiger charge is -2.34. The molecule has 15 heavy (non-hydrogen) atoms. The predicted octanol–water partition coefficient (Wildman–Crippen LogP) is 3.45. The second-order valence-electron chi connectivity index (χ2n) is 4.53. The minimum Gasteiger partial charge on any atom is -0.381 e. The average Bonchev–Trinajstić information content (AvgIpc) is 2.58. The molecule has 1 nitrogen and oxygen atoms in total. The number of fused-ring (bicyclic) bond motifs is 2. The highest BCUT2D eigenvalue weighted by Crippen LogP contribution is 2.47. The number of hydrogen-bond acceptors (Lipinski definition) is 1. The van der Waals surface area contributed by atoms with Gasteiger partial charge in [0.1, 0.15) is 0 Å². The lowest BCUT2D eigenvalue weighted by Crippen LogP contribution is -2.31. The molecule has 1 aliphatic carbocycles. The number of benzene rings is 1. The minimum atomic E-state index is 0.397. The van der Waals surface area contributed by atoms with E-state index in [4.69, 9.17) is 4.74 Å². The van der Waals surface area contributed by atoms with Gasteiger partial charge in [-0.25, -0.2) is 0 Å². The summed E-state index contributed by atoms with van der Waals surface area (Å²) in [6, 6.07) is 6.68. The van der Waals surface area contributed by atoms with Crippen LogP contribution in [0.4, 0.5) is 0 Å². The van der Waals surface area contributed by atoms with E-state index in [0.717, 1.165) is 13.2 Å². The third-order valence-corrected chi connectivity index (χ3v) is 4.24. The number of hydrogen-bond donors (Lipinski definition) is 0. The summed E-state index contributed by atoms with van der Waals surface area (Å²) in [5.74, 6) is 0. The van der Waals surface area contributed by atoms with Crippen molar-refractivity contribution in [1.29, 1.82) is 0 Å². The average molecular weight is 266 g/mol. The summed E-state index contributed by atoms with van der Waals surface area (Å²) in [6.45, 7) is 1.84. The number of rotatable bonds is 0. The summed E-state index contributed by atoms with van der Waals surface area (Å²) in [7, 11) is 0. The SMILES string of the molecule is Brc1ccc2c(c1)[CH]CC21CCOCC1. The molecule has 1 spiro atoms. The zero-order chi connectivity index (χ0) is 10.3. The highest BCUT2D eigenvalue weighted by molar-refractivity contribution is 9.10. The van der Waals surface area contributed by atoms with Gasteiger partial charge in [-0.2, -0.15) is 0 Å². The van der Waals surface area contributed by atoms with E-state index >= 15 is 0 Å². The van der Waals surface area contributed by atoms with Gasteiger partial charge < -0.3 is 4.74 Å². The first kappa shape index (κ1) is 9.86. The van der Waals surface area contributed by atoms with Gasteiger partial charge in [0, 0.05) is 23.1 Å². The van der Waals surface area contributed by atoms with Crippen molar-refractivity contribution >= 4 is 15.9 Å². The molecule has 0 atom stereocenters. The Morgan fingerprint density at radius 2 is 2.00 bits per heavy atom. The van der Waals surface area contributed by atoms with Crippen LogP contribution in [0.5, 0.6) is 0 Å². The molecule has 0 amide bonds. The maximum atomic E-state index is 5.47. The van der Waals surface area contributed by atoms with E-state index in [9.17, 15) is 0 Å². The van der Waals surface area contributed by atoms with Crippen molar-refractivity contribution in [2.24, 2.45) is 0 Å². The van der Waals surface area contributed by atoms with Crippen LogP contribution in [-0.2, 0) is 10.2 Å². The van der Waals surface area contributed by atoms with Crippen LogP contribution in [0.15, 0.2) is 22.7 Å². The first-order valence-corrected chi connectivity index (χ1v) is 6.30. The summed E-state index contributed by atoms with van der Waals surface area (Å²) >= 11 is 3.53. The molecule has 3 rings (SSSR count). The van der Waals surface area contributed by atoms with Crippen LogP contribution in [-0.4, -0.2) is 13.2 Å². The molecule has 1 heterocycles. The molecular formula is C13H14BrO. The standard InChI is InChI=1S/C13H14BrO/c14-11-1-2-12-10(9-11)3-4-13(12)5-7-15-8-6-13/h1-3,9H,4-8H2. The van der Waals surface area contributed by atoms with Crippen LogP contribution in [0.1, 0.15) is 30.4 Å². The fourth-order valence-corrected chi connectivity index (χ4v) is 3.22. The largest absolute Gasteiger partial charge is 0.381 e. The quantitative estimate of drug-likeness (QED) is 0.698. The first-order chi connectivity index (χ1) is 7.30. The lowest BCUT2D eigenvalue weighted by atomic mass is 9.75. The van der Waals surface area contributed by atoms with Gasteiger partial charge in [-0.3, -0.25) is 0 Å². The van der Waals surface area contributed by atoms with Crippen molar-refractivity contribution in [3.63, 3.8) is 0 Å². The highest BCUT2D eigenvalue weighted by Gasteiger charge is 2.39. The maximum Gasteiger partial charge on any atom is 0.0474 e. The number of halogens is 1. The van der Waals surface area contributed by atoms with Gasteiger partial charge in [0.25, 0.3) is 0 Å². The fourth-order valence-electron chi connectivity index (χ4n) is 2.84. The van der Waals surface area contributed by atoms with Gasteiger partial charge in [-0.15, -0.1) is 0 Å². The van der Waals surface area contributed by atoms with Crippen LogP contribution >= 0.6 is 15.9 Å². The Labute approximate surface area is 99.0 Å². The second kappa shape index (κ2) is 3.60. The Kier molecular flexibility index (Phi) is 2.37. The second-order valence-corrected chi connectivity index (χ2v) is 5.45. The summed E-state index contributed by atoms with van der Waals surface area (Å²) in [5, 5.41) is 0. The highest BCUT2D eigenvalue weighted by atomic mass is 79.9. The molecule has 1 aromatic carbocycles. The molecule has 0 bridgehead atoms. The normalized spacial score (nSPS) is 23.0. The summed E-state index contributed by atoms with van der Waals surface area (Å²) in [5.41, 5.74) is 3.36. The summed E-state index contributed by atoms with van der Waals surface area (Å²) in [4.78, 5) is 0. The van der Waals surface area contributed by atoms with Gasteiger partial charge in [-0.05, 0) is 48.9 Å². The smallest absolute Gasteiger partial charge is 0.0474 e. The molecule has 0 N–H and O–H groups in total. The van der Waals surface area contributed by atoms with E-state index in [2.05, 4.69) is 40.5 Å². The van der Waals surface area contributed by atoms with Crippen LogP contribution in [0.3, 0.4) is 0 Å². The van der Waals surface area contributed by atoms with Crippen LogP contribution in [0, 0.1) is 6.42 Å².